The fourth-order valence-corrected chi connectivity index (χ4v) is 3.56. The summed E-state index contributed by atoms with van der Waals surface area (Å²) >= 11 is 0. The summed E-state index contributed by atoms with van der Waals surface area (Å²) in [7, 11) is 1.81. The van der Waals surface area contributed by atoms with Crippen molar-refractivity contribution in [2.75, 3.05) is 22.6 Å². The van der Waals surface area contributed by atoms with Crippen LogP contribution in [0, 0.1) is 0 Å². The van der Waals surface area contributed by atoms with Gasteiger partial charge >= 0.3 is 0 Å². The van der Waals surface area contributed by atoms with Crippen molar-refractivity contribution in [3.63, 3.8) is 0 Å². The van der Waals surface area contributed by atoms with E-state index in [1.807, 2.05) is 20.0 Å². The molecule has 160 valence electrons. The van der Waals surface area contributed by atoms with Crippen molar-refractivity contribution in [2.24, 2.45) is 0 Å². The minimum absolute atomic E-state index is 0.256. The first-order valence-electron chi connectivity index (χ1n) is 9.87. The minimum Gasteiger partial charge on any atom is -0.322 e. The van der Waals surface area contributed by atoms with Gasteiger partial charge in [-0.05, 0) is 47.7 Å². The zero-order chi connectivity index (χ0) is 22.2. The number of aromatic nitrogens is 6. The Morgan fingerprint density at radius 1 is 1.06 bits per heavy atom. The summed E-state index contributed by atoms with van der Waals surface area (Å²) in [6.45, 7) is 2.13. The van der Waals surface area contributed by atoms with Crippen LogP contribution < -0.4 is 15.5 Å². The molecule has 1 aliphatic rings. The standard InChI is InChI=1S/C21H19N9O2/c1-12-16(11-30-21(29(12)2)26-27-28-30)20(32)22-14-8-9-17-15(10-14)18(25-24-17)23-19(31)13-6-4-3-5-7-13/h3-10H,11H2,1-2H3,(H,22,32)(H2,23,24,25,31). The Morgan fingerprint density at radius 3 is 2.69 bits per heavy atom. The highest BCUT2D eigenvalue weighted by atomic mass is 16.2. The van der Waals surface area contributed by atoms with Gasteiger partial charge in [0.05, 0.1) is 17.6 Å². The summed E-state index contributed by atoms with van der Waals surface area (Å²) in [5, 5.41) is 25.1. The lowest BCUT2D eigenvalue weighted by Gasteiger charge is -2.26. The van der Waals surface area contributed by atoms with E-state index in [0.29, 0.717) is 34.0 Å². The molecule has 4 aromatic rings. The lowest BCUT2D eigenvalue weighted by Crippen LogP contribution is -2.32. The number of nitrogens with zero attached hydrogens (tertiary/aromatic N) is 6. The highest BCUT2D eigenvalue weighted by Gasteiger charge is 2.26. The van der Waals surface area contributed by atoms with Crippen molar-refractivity contribution in [1.29, 1.82) is 0 Å². The molecule has 2 aromatic carbocycles. The van der Waals surface area contributed by atoms with E-state index < -0.39 is 0 Å². The Morgan fingerprint density at radius 2 is 1.88 bits per heavy atom. The molecule has 0 radical (unpaired) electrons. The number of allylic oxidation sites excluding steroid dienone is 1. The number of hydrogen-bond donors (Lipinski definition) is 3. The molecule has 2 aromatic heterocycles. The fraction of sp³-hybridized carbons (Fsp3) is 0.143. The van der Waals surface area contributed by atoms with Crippen molar-refractivity contribution in [3.8, 4) is 0 Å². The highest BCUT2D eigenvalue weighted by molar-refractivity contribution is 6.09. The zero-order valence-corrected chi connectivity index (χ0v) is 17.3. The number of carbonyl (C=O) groups is 2. The Bertz CT molecular complexity index is 1370. The van der Waals surface area contributed by atoms with Gasteiger partial charge in [-0.2, -0.15) is 5.10 Å². The van der Waals surface area contributed by atoms with Crippen molar-refractivity contribution < 1.29 is 9.59 Å². The quantitative estimate of drug-likeness (QED) is 0.453. The van der Waals surface area contributed by atoms with Crippen molar-refractivity contribution in [2.45, 2.75) is 13.5 Å². The van der Waals surface area contributed by atoms with Crippen molar-refractivity contribution in [1.82, 2.24) is 30.4 Å². The molecule has 3 N–H and O–H groups in total. The SMILES string of the molecule is CC1=C(C(=O)Nc2ccc3[nH]nc(NC(=O)c4ccccc4)c3c2)Cn2nnnc2N1C. The summed E-state index contributed by atoms with van der Waals surface area (Å²) in [6, 6.07) is 14.2. The lowest BCUT2D eigenvalue weighted by molar-refractivity contribution is -0.113. The largest absolute Gasteiger partial charge is 0.322 e. The molecule has 0 spiro atoms. The van der Waals surface area contributed by atoms with Gasteiger partial charge in [0, 0.05) is 29.4 Å². The molecule has 0 saturated carbocycles. The third-order valence-electron chi connectivity index (χ3n) is 5.42. The topological polar surface area (TPSA) is 134 Å². The van der Waals surface area contributed by atoms with Gasteiger partial charge in [-0.25, -0.2) is 4.68 Å². The summed E-state index contributed by atoms with van der Waals surface area (Å²) in [4.78, 5) is 27.3. The Kier molecular flexibility index (Phi) is 4.62. The molecule has 0 saturated heterocycles. The summed E-state index contributed by atoms with van der Waals surface area (Å²) in [5.41, 5.74) is 3.16. The number of benzene rings is 2. The number of fused-ring (bicyclic) bond motifs is 2. The average molecular weight is 429 g/mol. The van der Waals surface area contributed by atoms with Crippen LogP contribution in [-0.2, 0) is 11.3 Å². The van der Waals surface area contributed by atoms with E-state index in [-0.39, 0.29) is 18.4 Å². The van der Waals surface area contributed by atoms with Crippen LogP contribution in [0.25, 0.3) is 10.9 Å². The second kappa shape index (κ2) is 7.61. The second-order valence-electron chi connectivity index (χ2n) is 7.37. The van der Waals surface area contributed by atoms with E-state index in [9.17, 15) is 9.59 Å². The molecule has 3 heterocycles. The first-order valence-corrected chi connectivity index (χ1v) is 9.87. The van der Waals surface area contributed by atoms with Crippen LogP contribution in [0.5, 0.6) is 0 Å². The van der Waals surface area contributed by atoms with Crippen LogP contribution >= 0.6 is 0 Å². The first-order chi connectivity index (χ1) is 15.5. The molecular formula is C21H19N9O2. The van der Waals surface area contributed by atoms with Crippen molar-refractivity contribution in [3.05, 3.63) is 65.4 Å². The monoisotopic (exact) mass is 429 g/mol. The average Bonchev–Trinajstić information content (AvgIpc) is 3.44. The van der Waals surface area contributed by atoms with E-state index in [4.69, 9.17) is 0 Å². The number of H-pyrrole nitrogens is 1. The van der Waals surface area contributed by atoms with Gasteiger partial charge in [-0.1, -0.05) is 23.3 Å². The van der Waals surface area contributed by atoms with Gasteiger partial charge < -0.3 is 15.5 Å². The maximum Gasteiger partial charge on any atom is 0.256 e. The van der Waals surface area contributed by atoms with E-state index in [2.05, 4.69) is 36.4 Å². The van der Waals surface area contributed by atoms with Crippen LogP contribution in [-0.4, -0.2) is 49.3 Å². The molecule has 0 bridgehead atoms. The number of carbonyl (C=O) groups excluding carboxylic acids is 2. The molecule has 11 nitrogen and oxygen atoms in total. The molecule has 32 heavy (non-hydrogen) atoms. The smallest absolute Gasteiger partial charge is 0.256 e. The molecule has 0 unspecified atom stereocenters. The van der Waals surface area contributed by atoms with Crippen LogP contribution in [0.1, 0.15) is 17.3 Å². The maximum absolute atomic E-state index is 13.0. The number of hydrogen-bond acceptors (Lipinski definition) is 7. The van der Waals surface area contributed by atoms with Gasteiger partial charge in [-0.15, -0.1) is 0 Å². The number of anilines is 3. The summed E-state index contributed by atoms with van der Waals surface area (Å²) in [5.74, 6) is 0.443. The van der Waals surface area contributed by atoms with Gasteiger partial charge in [0.25, 0.3) is 11.8 Å². The van der Waals surface area contributed by atoms with Crippen molar-refractivity contribution >= 4 is 40.2 Å². The Balaban J connectivity index is 1.38. The number of amides is 2. The van der Waals surface area contributed by atoms with Gasteiger partial charge in [0.1, 0.15) is 0 Å². The molecule has 0 atom stereocenters. The zero-order valence-electron chi connectivity index (χ0n) is 17.3. The van der Waals surface area contributed by atoms with E-state index >= 15 is 0 Å². The van der Waals surface area contributed by atoms with Gasteiger partial charge in [0.2, 0.25) is 5.95 Å². The summed E-state index contributed by atoms with van der Waals surface area (Å²) < 4.78 is 1.57. The predicted octanol–water partition coefficient (Wildman–Crippen LogP) is 2.16. The summed E-state index contributed by atoms with van der Waals surface area (Å²) in [6.07, 6.45) is 0. The van der Waals surface area contributed by atoms with E-state index in [1.165, 1.54) is 0 Å². The molecular weight excluding hydrogens is 410 g/mol. The molecule has 0 aliphatic carbocycles. The van der Waals surface area contributed by atoms with E-state index in [1.54, 1.807) is 52.0 Å². The molecule has 2 amide bonds. The first kappa shape index (κ1) is 19.4. The minimum atomic E-state index is -0.267. The third kappa shape index (κ3) is 3.35. The van der Waals surface area contributed by atoms with Gasteiger partial charge in [0.15, 0.2) is 5.82 Å². The Hall–Kier alpha value is -4.54. The second-order valence-corrected chi connectivity index (χ2v) is 7.37. The number of aromatic amines is 1. The third-order valence-corrected chi connectivity index (χ3v) is 5.42. The lowest BCUT2D eigenvalue weighted by atomic mass is 10.1. The van der Waals surface area contributed by atoms with E-state index in [0.717, 1.165) is 11.2 Å². The predicted molar refractivity (Wildman–Crippen MR) is 118 cm³/mol. The molecule has 11 heteroatoms. The molecule has 0 fully saturated rings. The molecule has 1 aliphatic heterocycles. The molecule has 5 rings (SSSR count). The number of nitrogens with one attached hydrogen (secondary N) is 3. The Labute approximate surface area is 182 Å². The highest BCUT2D eigenvalue weighted by Crippen LogP contribution is 2.27. The van der Waals surface area contributed by atoms with Crippen LogP contribution in [0.3, 0.4) is 0 Å². The maximum atomic E-state index is 13.0. The van der Waals surface area contributed by atoms with Crippen LogP contribution in [0.15, 0.2) is 59.8 Å². The van der Waals surface area contributed by atoms with Crippen LogP contribution in [0.4, 0.5) is 17.5 Å². The number of rotatable bonds is 4. The number of tetrazole rings is 1. The van der Waals surface area contributed by atoms with Crippen LogP contribution in [0.2, 0.25) is 0 Å². The van der Waals surface area contributed by atoms with Gasteiger partial charge in [-0.3, -0.25) is 14.7 Å². The normalized spacial score (nSPS) is 13.2. The fourth-order valence-electron chi connectivity index (χ4n) is 3.56.